The number of aryl methyl sites for hydroxylation is 1. The van der Waals surface area contributed by atoms with E-state index < -0.39 is 0 Å². The van der Waals surface area contributed by atoms with E-state index in [0.717, 1.165) is 35.2 Å². The summed E-state index contributed by atoms with van der Waals surface area (Å²) in [5.74, 6) is 0. The van der Waals surface area contributed by atoms with Crippen molar-refractivity contribution in [1.82, 2.24) is 15.3 Å². The predicted molar refractivity (Wildman–Crippen MR) is 73.8 cm³/mol. The van der Waals surface area contributed by atoms with Gasteiger partial charge in [-0.3, -0.25) is 0 Å². The van der Waals surface area contributed by atoms with Crippen LogP contribution in [0, 0.1) is 6.92 Å². The van der Waals surface area contributed by atoms with Crippen molar-refractivity contribution in [3.8, 4) is 0 Å². The number of rotatable bonds is 6. The summed E-state index contributed by atoms with van der Waals surface area (Å²) < 4.78 is 0. The Morgan fingerprint density at radius 1 is 1.41 bits per heavy atom. The highest BCUT2D eigenvalue weighted by molar-refractivity contribution is 7.11. The van der Waals surface area contributed by atoms with Crippen LogP contribution in [0.5, 0.6) is 0 Å². The largest absolute Gasteiger partial charge is 0.312 e. The molecule has 0 spiro atoms. The third-order valence-corrected chi connectivity index (χ3v) is 4.15. The molecule has 2 rings (SSSR count). The molecular formula is C12H17N3S2. The summed E-state index contributed by atoms with van der Waals surface area (Å²) in [6, 6.07) is 0. The Bertz CT molecular complexity index is 462. The third-order valence-electron chi connectivity index (χ3n) is 2.33. The van der Waals surface area contributed by atoms with E-state index in [4.69, 9.17) is 0 Å². The summed E-state index contributed by atoms with van der Waals surface area (Å²) in [7, 11) is 0. The summed E-state index contributed by atoms with van der Waals surface area (Å²) in [6.07, 6.45) is 4.01. The van der Waals surface area contributed by atoms with Gasteiger partial charge >= 0.3 is 0 Å². The molecule has 0 bridgehead atoms. The summed E-state index contributed by atoms with van der Waals surface area (Å²) in [5.41, 5.74) is 1.13. The minimum atomic E-state index is 0.864. The van der Waals surface area contributed by atoms with Crippen LogP contribution in [-0.4, -0.2) is 16.5 Å². The monoisotopic (exact) mass is 267 g/mol. The van der Waals surface area contributed by atoms with Crippen LogP contribution < -0.4 is 5.32 Å². The first-order valence-electron chi connectivity index (χ1n) is 5.83. The van der Waals surface area contributed by atoms with Crippen molar-refractivity contribution in [2.75, 3.05) is 6.54 Å². The van der Waals surface area contributed by atoms with Gasteiger partial charge in [-0.05, 0) is 19.9 Å². The molecule has 0 radical (unpaired) electrons. The van der Waals surface area contributed by atoms with Gasteiger partial charge in [-0.2, -0.15) is 0 Å². The van der Waals surface area contributed by atoms with Gasteiger partial charge in [-0.15, -0.1) is 22.7 Å². The van der Waals surface area contributed by atoms with E-state index in [2.05, 4.69) is 27.6 Å². The highest BCUT2D eigenvalue weighted by Gasteiger charge is 2.05. The lowest BCUT2D eigenvalue weighted by molar-refractivity contribution is 0.681. The van der Waals surface area contributed by atoms with Gasteiger partial charge in [0.05, 0.1) is 15.7 Å². The second-order valence-electron chi connectivity index (χ2n) is 3.93. The molecule has 0 aliphatic rings. The van der Waals surface area contributed by atoms with Crippen molar-refractivity contribution in [3.63, 3.8) is 0 Å². The molecule has 2 aromatic rings. The molecule has 0 aliphatic carbocycles. The van der Waals surface area contributed by atoms with Gasteiger partial charge in [0.2, 0.25) is 0 Å². The molecule has 0 aliphatic heterocycles. The highest BCUT2D eigenvalue weighted by Crippen LogP contribution is 2.18. The average molecular weight is 267 g/mol. The zero-order chi connectivity index (χ0) is 12.1. The van der Waals surface area contributed by atoms with Crippen molar-refractivity contribution in [3.05, 3.63) is 32.2 Å². The minimum absolute atomic E-state index is 0.864. The Kier molecular flexibility index (Phi) is 4.65. The fourth-order valence-corrected chi connectivity index (χ4v) is 3.06. The SMILES string of the molecule is CCCNCc1cnc(Cc2csc(C)n2)s1. The average Bonchev–Trinajstić information content (AvgIpc) is 2.90. The fourth-order valence-electron chi connectivity index (χ4n) is 1.54. The lowest BCUT2D eigenvalue weighted by Crippen LogP contribution is -2.12. The van der Waals surface area contributed by atoms with Crippen molar-refractivity contribution in [1.29, 1.82) is 0 Å². The predicted octanol–water partition coefficient (Wildman–Crippen LogP) is 3.00. The van der Waals surface area contributed by atoms with Crippen LogP contribution in [-0.2, 0) is 13.0 Å². The minimum Gasteiger partial charge on any atom is -0.312 e. The molecule has 0 saturated heterocycles. The molecule has 1 N–H and O–H groups in total. The first-order chi connectivity index (χ1) is 8.28. The van der Waals surface area contributed by atoms with Crippen molar-refractivity contribution >= 4 is 22.7 Å². The van der Waals surface area contributed by atoms with Crippen molar-refractivity contribution in [2.24, 2.45) is 0 Å². The van der Waals surface area contributed by atoms with Gasteiger partial charge in [-0.25, -0.2) is 9.97 Å². The third kappa shape index (κ3) is 3.87. The normalized spacial score (nSPS) is 10.9. The van der Waals surface area contributed by atoms with E-state index in [1.807, 2.05) is 13.1 Å². The molecule has 0 aromatic carbocycles. The van der Waals surface area contributed by atoms with E-state index in [-0.39, 0.29) is 0 Å². The number of nitrogens with one attached hydrogen (secondary N) is 1. The first-order valence-corrected chi connectivity index (χ1v) is 7.53. The Labute approximate surface area is 110 Å². The van der Waals surface area contributed by atoms with Crippen LogP contribution in [0.1, 0.15) is 33.9 Å². The van der Waals surface area contributed by atoms with Crippen LogP contribution in [0.3, 0.4) is 0 Å². The lowest BCUT2D eigenvalue weighted by Gasteiger charge is -1.97. The molecule has 0 fully saturated rings. The topological polar surface area (TPSA) is 37.8 Å². The Morgan fingerprint density at radius 3 is 3.00 bits per heavy atom. The van der Waals surface area contributed by atoms with Gasteiger partial charge in [0, 0.05) is 29.4 Å². The van der Waals surface area contributed by atoms with Gasteiger partial charge in [0.1, 0.15) is 0 Å². The highest BCUT2D eigenvalue weighted by atomic mass is 32.1. The second kappa shape index (κ2) is 6.23. The summed E-state index contributed by atoms with van der Waals surface area (Å²) in [4.78, 5) is 10.2. The van der Waals surface area contributed by atoms with Gasteiger partial charge in [0.25, 0.3) is 0 Å². The molecule has 17 heavy (non-hydrogen) atoms. The molecule has 2 aromatic heterocycles. The van der Waals surface area contributed by atoms with Crippen LogP contribution >= 0.6 is 22.7 Å². The van der Waals surface area contributed by atoms with Crippen LogP contribution in [0.4, 0.5) is 0 Å². The molecular weight excluding hydrogens is 250 g/mol. The van der Waals surface area contributed by atoms with E-state index in [9.17, 15) is 0 Å². The Hall–Kier alpha value is -0.780. The van der Waals surface area contributed by atoms with Crippen LogP contribution in [0.25, 0.3) is 0 Å². The van der Waals surface area contributed by atoms with E-state index in [0.29, 0.717) is 0 Å². The maximum Gasteiger partial charge on any atom is 0.0988 e. The summed E-state index contributed by atoms with van der Waals surface area (Å²) in [5, 5.41) is 7.79. The molecule has 5 heteroatoms. The number of nitrogens with zero attached hydrogens (tertiary/aromatic N) is 2. The fraction of sp³-hybridized carbons (Fsp3) is 0.500. The number of aromatic nitrogens is 2. The number of hydrogen-bond donors (Lipinski definition) is 1. The maximum atomic E-state index is 4.46. The smallest absolute Gasteiger partial charge is 0.0988 e. The van der Waals surface area contributed by atoms with Crippen molar-refractivity contribution in [2.45, 2.75) is 33.2 Å². The van der Waals surface area contributed by atoms with E-state index in [1.165, 1.54) is 11.3 Å². The Morgan fingerprint density at radius 2 is 2.29 bits per heavy atom. The zero-order valence-corrected chi connectivity index (χ0v) is 11.8. The molecule has 92 valence electrons. The molecule has 2 heterocycles. The van der Waals surface area contributed by atoms with Gasteiger partial charge < -0.3 is 5.32 Å². The number of hydrogen-bond acceptors (Lipinski definition) is 5. The molecule has 0 atom stereocenters. The van der Waals surface area contributed by atoms with Crippen LogP contribution in [0.15, 0.2) is 11.6 Å². The molecule has 3 nitrogen and oxygen atoms in total. The Balaban J connectivity index is 1.89. The quantitative estimate of drug-likeness (QED) is 0.818. The summed E-state index contributed by atoms with van der Waals surface area (Å²) >= 11 is 3.48. The number of thiazole rings is 2. The molecule has 0 unspecified atom stereocenters. The maximum absolute atomic E-state index is 4.46. The van der Waals surface area contributed by atoms with Gasteiger partial charge in [-0.1, -0.05) is 6.92 Å². The molecule has 0 amide bonds. The van der Waals surface area contributed by atoms with Gasteiger partial charge in [0.15, 0.2) is 0 Å². The molecule has 0 saturated carbocycles. The summed E-state index contributed by atoms with van der Waals surface area (Å²) in [6.45, 7) is 6.21. The standard InChI is InChI=1S/C12H17N3S2/c1-3-4-13-6-11-7-14-12(17-11)5-10-8-16-9(2)15-10/h7-8,13H,3-6H2,1-2H3. The van der Waals surface area contributed by atoms with Crippen molar-refractivity contribution < 1.29 is 0 Å². The first kappa shape index (κ1) is 12.7. The van der Waals surface area contributed by atoms with E-state index >= 15 is 0 Å². The van der Waals surface area contributed by atoms with E-state index in [1.54, 1.807) is 22.7 Å². The zero-order valence-electron chi connectivity index (χ0n) is 10.2. The second-order valence-corrected chi connectivity index (χ2v) is 6.19. The van der Waals surface area contributed by atoms with Crippen LogP contribution in [0.2, 0.25) is 0 Å². The lowest BCUT2D eigenvalue weighted by atomic mass is 10.3.